The van der Waals surface area contributed by atoms with Gasteiger partial charge in [-0.2, -0.15) is 0 Å². The molecule has 0 saturated heterocycles. The molecule has 1 aromatic heterocycles. The average molecular weight is 316 g/mol. The molecular weight excluding hydrogens is 292 g/mol. The summed E-state index contributed by atoms with van der Waals surface area (Å²) in [6, 6.07) is 7.95. The smallest absolute Gasteiger partial charge is 0.340 e. The van der Waals surface area contributed by atoms with Crippen LogP contribution in [0.5, 0.6) is 5.75 Å². The first-order chi connectivity index (χ1) is 11.1. The molecule has 0 aliphatic rings. The van der Waals surface area contributed by atoms with E-state index in [0.717, 1.165) is 34.8 Å². The normalized spacial score (nSPS) is 10.6. The Morgan fingerprint density at radius 2 is 2.04 bits per heavy atom. The first-order valence-electron chi connectivity index (χ1n) is 7.75. The van der Waals surface area contributed by atoms with Crippen molar-refractivity contribution in [1.82, 2.24) is 10.3 Å². The Kier molecular flexibility index (Phi) is 5.82. The van der Waals surface area contributed by atoms with Crippen molar-refractivity contribution < 1.29 is 14.3 Å². The van der Waals surface area contributed by atoms with Crippen molar-refractivity contribution in [3.63, 3.8) is 0 Å². The highest BCUT2D eigenvalue weighted by Gasteiger charge is 2.18. The molecule has 0 fully saturated rings. The molecule has 0 radical (unpaired) electrons. The number of carbonyl (C=O) groups excluding carboxylic acids is 1. The minimum absolute atomic E-state index is 0.266. The van der Waals surface area contributed by atoms with Gasteiger partial charge in [0.25, 0.3) is 0 Å². The summed E-state index contributed by atoms with van der Waals surface area (Å²) in [5.74, 6) is 0.582. The van der Waals surface area contributed by atoms with Crippen LogP contribution in [0.4, 0.5) is 0 Å². The summed E-state index contributed by atoms with van der Waals surface area (Å²) < 4.78 is 10.3. The maximum atomic E-state index is 12.0. The van der Waals surface area contributed by atoms with Crippen LogP contribution in [0, 0.1) is 13.8 Å². The Labute approximate surface area is 137 Å². The van der Waals surface area contributed by atoms with Crippen LogP contribution in [0.3, 0.4) is 0 Å². The lowest BCUT2D eigenvalue weighted by Gasteiger charge is -2.07. The van der Waals surface area contributed by atoms with E-state index in [0.29, 0.717) is 18.7 Å². The Morgan fingerprint density at radius 3 is 2.74 bits per heavy atom. The van der Waals surface area contributed by atoms with E-state index in [1.54, 1.807) is 7.11 Å². The predicted octanol–water partition coefficient (Wildman–Crippen LogP) is 3.11. The van der Waals surface area contributed by atoms with Gasteiger partial charge in [0, 0.05) is 24.5 Å². The highest BCUT2D eigenvalue weighted by atomic mass is 16.5. The summed E-state index contributed by atoms with van der Waals surface area (Å²) >= 11 is 0. The van der Waals surface area contributed by atoms with Crippen LogP contribution in [0.25, 0.3) is 0 Å². The molecule has 0 aliphatic carbocycles. The number of H-pyrrole nitrogens is 1. The van der Waals surface area contributed by atoms with Crippen molar-refractivity contribution in [3.8, 4) is 5.75 Å². The van der Waals surface area contributed by atoms with Crippen LogP contribution in [-0.2, 0) is 17.8 Å². The van der Waals surface area contributed by atoms with E-state index in [1.807, 2.05) is 45.0 Å². The minimum Gasteiger partial charge on any atom is -0.497 e. The first-order valence-corrected chi connectivity index (χ1v) is 7.75. The van der Waals surface area contributed by atoms with Gasteiger partial charge in [-0.3, -0.25) is 0 Å². The van der Waals surface area contributed by atoms with Crippen molar-refractivity contribution in [2.45, 2.75) is 33.9 Å². The Bertz CT molecular complexity index is 677. The molecule has 1 aromatic carbocycles. The monoisotopic (exact) mass is 316 g/mol. The first kappa shape index (κ1) is 17.1. The summed E-state index contributed by atoms with van der Waals surface area (Å²) in [4.78, 5) is 15.3. The lowest BCUT2D eigenvalue weighted by atomic mass is 10.1. The second-order valence-electron chi connectivity index (χ2n) is 5.40. The number of rotatable bonds is 7. The van der Waals surface area contributed by atoms with Gasteiger partial charge in [-0.15, -0.1) is 0 Å². The molecule has 23 heavy (non-hydrogen) atoms. The summed E-state index contributed by atoms with van der Waals surface area (Å²) in [5.41, 5.74) is 4.59. The number of benzene rings is 1. The zero-order valence-corrected chi connectivity index (χ0v) is 14.2. The number of aromatic amines is 1. The van der Waals surface area contributed by atoms with Gasteiger partial charge in [0.2, 0.25) is 0 Å². The van der Waals surface area contributed by atoms with Gasteiger partial charge < -0.3 is 19.8 Å². The molecule has 0 atom stereocenters. The van der Waals surface area contributed by atoms with Gasteiger partial charge >= 0.3 is 5.97 Å². The number of hydrogen-bond donors (Lipinski definition) is 2. The number of ether oxygens (including phenoxy) is 2. The minimum atomic E-state index is -0.266. The van der Waals surface area contributed by atoms with E-state index < -0.39 is 0 Å². The van der Waals surface area contributed by atoms with E-state index in [1.165, 1.54) is 0 Å². The number of nitrogens with one attached hydrogen (secondary N) is 2. The molecule has 5 nitrogen and oxygen atoms in total. The van der Waals surface area contributed by atoms with Crippen molar-refractivity contribution in [1.29, 1.82) is 0 Å². The fourth-order valence-corrected chi connectivity index (χ4v) is 2.62. The fraction of sp³-hybridized carbons (Fsp3) is 0.389. The Hall–Kier alpha value is -2.27. The molecule has 0 spiro atoms. The maximum absolute atomic E-state index is 12.0. The lowest BCUT2D eigenvalue weighted by Crippen LogP contribution is -2.14. The molecular formula is C18H24N2O3. The molecule has 2 aromatic rings. The summed E-state index contributed by atoms with van der Waals surface area (Å²) in [6.07, 6.45) is 0. The highest BCUT2D eigenvalue weighted by molar-refractivity contribution is 5.92. The summed E-state index contributed by atoms with van der Waals surface area (Å²) in [6.45, 7) is 7.41. The number of methoxy groups -OCH3 is 1. The van der Waals surface area contributed by atoms with E-state index in [2.05, 4.69) is 10.3 Å². The van der Waals surface area contributed by atoms with Gasteiger partial charge in [0.1, 0.15) is 5.75 Å². The second kappa shape index (κ2) is 7.83. The molecule has 5 heteroatoms. The fourth-order valence-electron chi connectivity index (χ4n) is 2.62. The van der Waals surface area contributed by atoms with E-state index in [4.69, 9.17) is 9.47 Å². The maximum Gasteiger partial charge on any atom is 0.340 e. The zero-order chi connectivity index (χ0) is 16.8. The van der Waals surface area contributed by atoms with Crippen LogP contribution < -0.4 is 10.1 Å². The quantitative estimate of drug-likeness (QED) is 0.771. The van der Waals surface area contributed by atoms with Crippen LogP contribution in [-0.4, -0.2) is 24.7 Å². The van der Waals surface area contributed by atoms with Crippen LogP contribution in [0.2, 0.25) is 0 Å². The molecule has 0 bridgehead atoms. The van der Waals surface area contributed by atoms with Gasteiger partial charge in [-0.25, -0.2) is 4.79 Å². The highest BCUT2D eigenvalue weighted by Crippen LogP contribution is 2.19. The Balaban J connectivity index is 2.01. The third-order valence-electron chi connectivity index (χ3n) is 3.79. The predicted molar refractivity (Wildman–Crippen MR) is 89.8 cm³/mol. The molecule has 0 saturated carbocycles. The van der Waals surface area contributed by atoms with Crippen molar-refractivity contribution in [2.24, 2.45) is 0 Å². The SMILES string of the molecule is CCOC(=O)c1c(C)[nH]c(CNCc2cccc(OC)c2)c1C. The van der Waals surface area contributed by atoms with Gasteiger partial charge in [0.15, 0.2) is 0 Å². The molecule has 0 aliphatic heterocycles. The van der Waals surface area contributed by atoms with Crippen LogP contribution >= 0.6 is 0 Å². The second-order valence-corrected chi connectivity index (χ2v) is 5.40. The molecule has 2 rings (SSSR count). The largest absolute Gasteiger partial charge is 0.497 e. The number of aryl methyl sites for hydroxylation is 1. The molecule has 0 unspecified atom stereocenters. The van der Waals surface area contributed by atoms with Crippen molar-refractivity contribution in [3.05, 3.63) is 52.3 Å². The number of aromatic nitrogens is 1. The van der Waals surface area contributed by atoms with Gasteiger partial charge in [-0.05, 0) is 44.0 Å². The lowest BCUT2D eigenvalue weighted by molar-refractivity contribution is 0.0525. The number of esters is 1. The molecule has 1 heterocycles. The van der Waals surface area contributed by atoms with Crippen molar-refractivity contribution >= 4 is 5.97 Å². The van der Waals surface area contributed by atoms with E-state index in [-0.39, 0.29) is 5.97 Å². The van der Waals surface area contributed by atoms with Gasteiger partial charge in [-0.1, -0.05) is 12.1 Å². The summed E-state index contributed by atoms with van der Waals surface area (Å²) in [7, 11) is 1.66. The van der Waals surface area contributed by atoms with Crippen LogP contribution in [0.15, 0.2) is 24.3 Å². The van der Waals surface area contributed by atoms with E-state index in [9.17, 15) is 4.79 Å². The Morgan fingerprint density at radius 1 is 1.26 bits per heavy atom. The third-order valence-corrected chi connectivity index (χ3v) is 3.79. The average Bonchev–Trinajstić information content (AvgIpc) is 2.82. The molecule has 0 amide bonds. The van der Waals surface area contributed by atoms with Gasteiger partial charge in [0.05, 0.1) is 19.3 Å². The number of hydrogen-bond acceptors (Lipinski definition) is 4. The number of carbonyl (C=O) groups is 1. The third kappa shape index (κ3) is 4.13. The van der Waals surface area contributed by atoms with Crippen molar-refractivity contribution in [2.75, 3.05) is 13.7 Å². The van der Waals surface area contributed by atoms with Crippen LogP contribution in [0.1, 0.15) is 39.8 Å². The van der Waals surface area contributed by atoms with E-state index >= 15 is 0 Å². The summed E-state index contributed by atoms with van der Waals surface area (Å²) in [5, 5.41) is 3.38. The zero-order valence-electron chi connectivity index (χ0n) is 14.2. The molecule has 124 valence electrons. The molecule has 2 N–H and O–H groups in total. The topological polar surface area (TPSA) is 63.4 Å². The standard InChI is InChI=1S/C18H24N2O3/c1-5-23-18(21)17-12(2)16(20-13(17)3)11-19-10-14-7-6-8-15(9-14)22-4/h6-9,19-20H,5,10-11H2,1-4H3.